The number of aryl methyl sites for hydroxylation is 1. The average molecular weight is 225 g/mol. The zero-order valence-electron chi connectivity index (χ0n) is 8.45. The molecule has 0 aliphatic carbocycles. The highest BCUT2D eigenvalue weighted by molar-refractivity contribution is 5.94. The molecule has 5 heteroatoms. The van der Waals surface area contributed by atoms with E-state index in [1.165, 1.54) is 35.9 Å². The first-order valence-electron chi connectivity index (χ1n) is 4.61. The van der Waals surface area contributed by atoms with Crippen molar-refractivity contribution < 1.29 is 18.7 Å². The molecule has 0 bridgehead atoms. The highest BCUT2D eigenvalue weighted by Gasteiger charge is 2.15. The van der Waals surface area contributed by atoms with Crippen LogP contribution in [-0.4, -0.2) is 15.6 Å². The summed E-state index contributed by atoms with van der Waals surface area (Å²) < 4.78 is 26.5. The summed E-state index contributed by atoms with van der Waals surface area (Å²) >= 11 is 0. The second-order valence-electron chi connectivity index (χ2n) is 3.51. The van der Waals surface area contributed by atoms with E-state index in [2.05, 4.69) is 0 Å². The van der Waals surface area contributed by atoms with Crippen LogP contribution in [0.15, 0.2) is 24.3 Å². The number of hydrogen-bond acceptors (Lipinski definition) is 1. The third-order valence-corrected chi connectivity index (χ3v) is 2.55. The minimum Gasteiger partial charge on any atom is -0.478 e. The highest BCUT2D eigenvalue weighted by atomic mass is 19.3. The molecule has 3 nitrogen and oxygen atoms in total. The Kier molecular flexibility index (Phi) is 2.38. The Balaban J connectivity index is 2.67. The van der Waals surface area contributed by atoms with E-state index >= 15 is 0 Å². The van der Waals surface area contributed by atoms with Crippen molar-refractivity contribution in [3.63, 3.8) is 0 Å². The normalized spacial score (nSPS) is 11.2. The molecule has 0 aliphatic heterocycles. The first kappa shape index (κ1) is 10.6. The summed E-state index contributed by atoms with van der Waals surface area (Å²) in [6.07, 6.45) is -2.56. The van der Waals surface area contributed by atoms with Gasteiger partial charge in [-0.2, -0.15) is 0 Å². The summed E-state index contributed by atoms with van der Waals surface area (Å²) in [7, 11) is 1.53. The summed E-state index contributed by atoms with van der Waals surface area (Å²) in [5.41, 5.74) is 0.580. The van der Waals surface area contributed by atoms with Gasteiger partial charge in [0.2, 0.25) is 0 Å². The topological polar surface area (TPSA) is 42.2 Å². The van der Waals surface area contributed by atoms with Gasteiger partial charge in [-0.3, -0.25) is 0 Å². The molecular formula is C11H9F2NO2. The number of carbonyl (C=O) groups is 1. The van der Waals surface area contributed by atoms with Gasteiger partial charge >= 0.3 is 5.97 Å². The molecule has 0 unspecified atom stereocenters. The molecule has 2 rings (SSSR count). The summed E-state index contributed by atoms with van der Waals surface area (Å²) in [6.45, 7) is 0. The van der Waals surface area contributed by atoms with Crippen LogP contribution in [0.5, 0.6) is 0 Å². The van der Waals surface area contributed by atoms with E-state index in [1.54, 1.807) is 0 Å². The lowest BCUT2D eigenvalue weighted by Crippen LogP contribution is -1.97. The maximum Gasteiger partial charge on any atom is 0.335 e. The molecule has 1 aromatic carbocycles. The second kappa shape index (κ2) is 3.59. The molecule has 0 saturated carbocycles. The number of carboxylic acids is 1. The van der Waals surface area contributed by atoms with Gasteiger partial charge in [0.25, 0.3) is 6.43 Å². The molecular weight excluding hydrogens is 216 g/mol. The number of benzene rings is 1. The van der Waals surface area contributed by atoms with Gasteiger partial charge in [-0.1, -0.05) is 0 Å². The number of nitrogens with zero attached hydrogens (tertiary/aromatic N) is 1. The number of aromatic nitrogens is 1. The zero-order chi connectivity index (χ0) is 11.9. The fraction of sp³-hybridized carbons (Fsp3) is 0.182. The number of fused-ring (bicyclic) bond motifs is 1. The summed E-state index contributed by atoms with van der Waals surface area (Å²) in [5.74, 6) is -1.07. The number of alkyl halides is 2. The van der Waals surface area contributed by atoms with Gasteiger partial charge in [-0.05, 0) is 24.3 Å². The lowest BCUT2D eigenvalue weighted by Gasteiger charge is -2.02. The molecule has 0 fully saturated rings. The Hall–Kier alpha value is -1.91. The minimum absolute atomic E-state index is 0.0962. The van der Waals surface area contributed by atoms with Gasteiger partial charge in [-0.25, -0.2) is 13.6 Å². The standard InChI is InChI=1S/C11H9F2NO2/c1-14-8-3-2-6(11(15)16)4-7(8)5-9(14)10(12)13/h2-5,10H,1H3,(H,15,16). The third kappa shape index (κ3) is 1.54. The molecule has 0 aliphatic rings. The molecule has 1 N–H and O–H groups in total. The number of halogens is 2. The Morgan fingerprint density at radius 1 is 1.38 bits per heavy atom. The molecule has 1 aromatic heterocycles. The van der Waals surface area contributed by atoms with E-state index in [0.29, 0.717) is 10.9 Å². The first-order chi connectivity index (χ1) is 7.50. The van der Waals surface area contributed by atoms with Crippen molar-refractivity contribution in [1.29, 1.82) is 0 Å². The van der Waals surface area contributed by atoms with Gasteiger partial charge in [0.05, 0.1) is 11.3 Å². The lowest BCUT2D eigenvalue weighted by atomic mass is 10.1. The monoisotopic (exact) mass is 225 g/mol. The molecule has 0 radical (unpaired) electrons. The van der Waals surface area contributed by atoms with E-state index in [1.807, 2.05) is 0 Å². The molecule has 16 heavy (non-hydrogen) atoms. The number of aromatic carboxylic acids is 1. The van der Waals surface area contributed by atoms with E-state index < -0.39 is 12.4 Å². The van der Waals surface area contributed by atoms with Crippen molar-refractivity contribution >= 4 is 16.9 Å². The van der Waals surface area contributed by atoms with Crippen LogP contribution in [0.4, 0.5) is 8.78 Å². The molecule has 0 spiro atoms. The van der Waals surface area contributed by atoms with Gasteiger partial charge in [0.1, 0.15) is 0 Å². The van der Waals surface area contributed by atoms with Crippen LogP contribution in [0.3, 0.4) is 0 Å². The number of carboxylic acid groups (broad SMARTS) is 1. The highest BCUT2D eigenvalue weighted by Crippen LogP contribution is 2.26. The van der Waals surface area contributed by atoms with Crippen LogP contribution >= 0.6 is 0 Å². The molecule has 0 amide bonds. The van der Waals surface area contributed by atoms with Crippen LogP contribution in [0, 0.1) is 0 Å². The van der Waals surface area contributed by atoms with Crippen LogP contribution in [-0.2, 0) is 7.05 Å². The lowest BCUT2D eigenvalue weighted by molar-refractivity contribution is 0.0697. The quantitative estimate of drug-likeness (QED) is 0.853. The molecule has 0 saturated heterocycles. The van der Waals surface area contributed by atoms with E-state index in [0.717, 1.165) is 0 Å². The summed E-state index contributed by atoms with van der Waals surface area (Å²) in [6, 6.07) is 5.64. The molecule has 0 atom stereocenters. The van der Waals surface area contributed by atoms with Crippen molar-refractivity contribution in [3.8, 4) is 0 Å². The molecule has 84 valence electrons. The fourth-order valence-electron chi connectivity index (χ4n) is 1.71. The fourth-order valence-corrected chi connectivity index (χ4v) is 1.71. The van der Waals surface area contributed by atoms with E-state index in [-0.39, 0.29) is 11.3 Å². The summed E-state index contributed by atoms with van der Waals surface area (Å²) in [5, 5.41) is 9.29. The maximum absolute atomic E-state index is 12.6. The van der Waals surface area contributed by atoms with Crippen LogP contribution in [0.25, 0.3) is 10.9 Å². The Morgan fingerprint density at radius 2 is 2.06 bits per heavy atom. The van der Waals surface area contributed by atoms with E-state index in [4.69, 9.17) is 5.11 Å². The second-order valence-corrected chi connectivity index (χ2v) is 3.51. The smallest absolute Gasteiger partial charge is 0.335 e. The largest absolute Gasteiger partial charge is 0.478 e. The third-order valence-electron chi connectivity index (χ3n) is 2.55. The summed E-state index contributed by atoms with van der Waals surface area (Å²) in [4.78, 5) is 10.7. The van der Waals surface area contributed by atoms with E-state index in [9.17, 15) is 13.6 Å². The number of rotatable bonds is 2. The molecule has 2 aromatic rings. The van der Waals surface area contributed by atoms with Crippen molar-refractivity contribution in [3.05, 3.63) is 35.5 Å². The Morgan fingerprint density at radius 3 is 2.62 bits per heavy atom. The molecule has 1 heterocycles. The minimum atomic E-state index is -2.56. The Labute approximate surface area is 89.9 Å². The van der Waals surface area contributed by atoms with Gasteiger partial charge < -0.3 is 9.67 Å². The van der Waals surface area contributed by atoms with Crippen molar-refractivity contribution in [2.75, 3.05) is 0 Å². The van der Waals surface area contributed by atoms with Gasteiger partial charge in [-0.15, -0.1) is 0 Å². The van der Waals surface area contributed by atoms with Crippen LogP contribution in [0.1, 0.15) is 22.5 Å². The maximum atomic E-state index is 12.6. The Bertz CT molecular complexity index is 560. The van der Waals surface area contributed by atoms with Gasteiger partial charge in [0, 0.05) is 18.0 Å². The number of hydrogen-bond donors (Lipinski definition) is 1. The first-order valence-corrected chi connectivity index (χ1v) is 4.61. The van der Waals surface area contributed by atoms with Crippen molar-refractivity contribution in [2.45, 2.75) is 6.43 Å². The van der Waals surface area contributed by atoms with Crippen LogP contribution < -0.4 is 0 Å². The van der Waals surface area contributed by atoms with Crippen LogP contribution in [0.2, 0.25) is 0 Å². The predicted octanol–water partition coefficient (Wildman–Crippen LogP) is 2.81. The van der Waals surface area contributed by atoms with Crippen molar-refractivity contribution in [1.82, 2.24) is 4.57 Å². The SMILES string of the molecule is Cn1c(C(F)F)cc2cc(C(=O)O)ccc21. The average Bonchev–Trinajstić information content (AvgIpc) is 2.55. The van der Waals surface area contributed by atoms with Crippen molar-refractivity contribution in [2.24, 2.45) is 7.05 Å². The predicted molar refractivity (Wildman–Crippen MR) is 54.8 cm³/mol. The van der Waals surface area contributed by atoms with Gasteiger partial charge in [0.15, 0.2) is 0 Å². The zero-order valence-corrected chi connectivity index (χ0v) is 8.45.